The second-order valence-corrected chi connectivity index (χ2v) is 4.25. The van der Waals surface area contributed by atoms with Gasteiger partial charge in [-0.15, -0.1) is 0 Å². The summed E-state index contributed by atoms with van der Waals surface area (Å²) in [6.45, 7) is 0. The van der Waals surface area contributed by atoms with Crippen molar-refractivity contribution in [2.75, 3.05) is 7.11 Å². The second-order valence-electron chi connectivity index (χ2n) is 4.25. The number of carbonyl (C=O) groups excluding carboxylic acids is 1. The molecule has 0 radical (unpaired) electrons. The zero-order valence-corrected chi connectivity index (χ0v) is 10.9. The number of rotatable bonds is 2. The van der Waals surface area contributed by atoms with E-state index in [0.29, 0.717) is 0 Å². The van der Waals surface area contributed by atoms with Crippen LogP contribution in [0.25, 0.3) is 16.9 Å². The van der Waals surface area contributed by atoms with Gasteiger partial charge >= 0.3 is 5.97 Å². The average Bonchev–Trinajstić information content (AvgIpc) is 2.89. The monoisotopic (exact) mass is 289 g/mol. The number of aromatic nitrogens is 3. The lowest BCUT2D eigenvalue weighted by Gasteiger charge is -2.04. The number of methoxy groups -OCH3 is 1. The first-order valence-electron chi connectivity index (χ1n) is 5.98. The lowest BCUT2D eigenvalue weighted by molar-refractivity contribution is 0.0600. The van der Waals surface area contributed by atoms with Crippen molar-refractivity contribution in [3.8, 4) is 11.3 Å². The van der Waals surface area contributed by atoms with Crippen LogP contribution in [0.4, 0.5) is 8.78 Å². The van der Waals surface area contributed by atoms with E-state index in [9.17, 15) is 13.6 Å². The number of ether oxygens (including phenoxy) is 1. The Labute approximate surface area is 117 Å². The zero-order chi connectivity index (χ0) is 15.0. The highest BCUT2D eigenvalue weighted by molar-refractivity contribution is 5.90. The Morgan fingerprint density at radius 1 is 1.24 bits per heavy atom. The lowest BCUT2D eigenvalue weighted by atomic mass is 10.1. The highest BCUT2D eigenvalue weighted by Gasteiger charge is 2.17. The lowest BCUT2D eigenvalue weighted by Crippen LogP contribution is -2.05. The molecule has 2 aromatic heterocycles. The van der Waals surface area contributed by atoms with E-state index in [-0.39, 0.29) is 22.5 Å². The Kier molecular flexibility index (Phi) is 3.09. The summed E-state index contributed by atoms with van der Waals surface area (Å²) in [5.41, 5.74) is 0.437. The van der Waals surface area contributed by atoms with Crippen LogP contribution in [-0.4, -0.2) is 27.7 Å². The van der Waals surface area contributed by atoms with Crippen molar-refractivity contribution in [2.45, 2.75) is 0 Å². The summed E-state index contributed by atoms with van der Waals surface area (Å²) in [6.07, 6.45) is 2.55. The number of halogens is 2. The molecule has 0 spiro atoms. The number of carbonyl (C=O) groups is 1. The third kappa shape index (κ3) is 2.12. The molecule has 0 amide bonds. The normalized spacial score (nSPS) is 10.8. The van der Waals surface area contributed by atoms with Crippen LogP contribution in [0.15, 0.2) is 36.7 Å². The smallest absolute Gasteiger partial charge is 0.339 e. The Hall–Kier alpha value is -2.83. The van der Waals surface area contributed by atoms with Crippen molar-refractivity contribution < 1.29 is 18.3 Å². The van der Waals surface area contributed by atoms with Gasteiger partial charge in [-0.1, -0.05) is 6.07 Å². The van der Waals surface area contributed by atoms with Gasteiger partial charge in [0.05, 0.1) is 36.3 Å². The summed E-state index contributed by atoms with van der Waals surface area (Å²) < 4.78 is 33.5. The molecular weight excluding hydrogens is 280 g/mol. The van der Waals surface area contributed by atoms with Crippen molar-refractivity contribution in [3.05, 3.63) is 53.9 Å². The van der Waals surface area contributed by atoms with Gasteiger partial charge in [-0.3, -0.25) is 0 Å². The third-order valence-corrected chi connectivity index (χ3v) is 3.00. The number of esters is 1. The quantitative estimate of drug-likeness (QED) is 0.680. The third-order valence-electron chi connectivity index (χ3n) is 3.00. The average molecular weight is 289 g/mol. The minimum Gasteiger partial charge on any atom is -0.465 e. The van der Waals surface area contributed by atoms with Crippen LogP contribution in [-0.2, 0) is 4.74 Å². The molecule has 21 heavy (non-hydrogen) atoms. The predicted octanol–water partition coefficient (Wildman–Crippen LogP) is 2.46. The standard InChI is InChI=1S/C14H9F2N3O2/c1-21-14(20)8-5-12-17-7-11(19(12)18-6-8)13-9(15)3-2-4-10(13)16/h2-7H,1H3. The maximum Gasteiger partial charge on any atom is 0.339 e. The molecule has 3 aromatic rings. The van der Waals surface area contributed by atoms with Crippen LogP contribution in [0.5, 0.6) is 0 Å². The van der Waals surface area contributed by atoms with Gasteiger partial charge in [-0.05, 0) is 18.2 Å². The van der Waals surface area contributed by atoms with Crippen LogP contribution >= 0.6 is 0 Å². The summed E-state index contributed by atoms with van der Waals surface area (Å²) in [5, 5.41) is 3.99. The molecule has 1 aromatic carbocycles. The van der Waals surface area contributed by atoms with Gasteiger partial charge in [0.15, 0.2) is 5.65 Å². The van der Waals surface area contributed by atoms with Crippen molar-refractivity contribution in [1.82, 2.24) is 14.6 Å². The van der Waals surface area contributed by atoms with Crippen LogP contribution in [0.1, 0.15) is 10.4 Å². The van der Waals surface area contributed by atoms with E-state index in [1.54, 1.807) is 0 Å². The summed E-state index contributed by atoms with van der Waals surface area (Å²) >= 11 is 0. The Balaban J connectivity index is 2.20. The number of hydrogen-bond acceptors (Lipinski definition) is 4. The highest BCUT2D eigenvalue weighted by atomic mass is 19.1. The molecule has 0 unspecified atom stereocenters. The minimum atomic E-state index is -0.712. The van der Waals surface area contributed by atoms with Gasteiger partial charge in [0.2, 0.25) is 0 Å². The number of hydrogen-bond donors (Lipinski definition) is 0. The van der Waals surface area contributed by atoms with Gasteiger partial charge in [0, 0.05) is 0 Å². The second kappa shape index (κ2) is 4.93. The molecule has 0 saturated carbocycles. The molecular formula is C14H9F2N3O2. The molecule has 2 heterocycles. The minimum absolute atomic E-state index is 0.164. The maximum absolute atomic E-state index is 13.8. The van der Waals surface area contributed by atoms with Crippen molar-refractivity contribution in [1.29, 1.82) is 0 Å². The van der Waals surface area contributed by atoms with Crippen LogP contribution in [0.3, 0.4) is 0 Å². The van der Waals surface area contributed by atoms with Crippen molar-refractivity contribution in [3.63, 3.8) is 0 Å². The van der Waals surface area contributed by atoms with Crippen LogP contribution in [0, 0.1) is 11.6 Å². The van der Waals surface area contributed by atoms with Crippen LogP contribution in [0.2, 0.25) is 0 Å². The molecule has 0 N–H and O–H groups in total. The molecule has 0 fully saturated rings. The van der Waals surface area contributed by atoms with Gasteiger partial charge in [-0.25, -0.2) is 23.1 Å². The van der Waals surface area contributed by atoms with E-state index < -0.39 is 17.6 Å². The molecule has 0 aliphatic rings. The fourth-order valence-corrected chi connectivity index (χ4v) is 2.02. The molecule has 3 rings (SSSR count). The van der Waals surface area contributed by atoms with Gasteiger partial charge < -0.3 is 4.74 Å². The maximum atomic E-state index is 13.8. The Morgan fingerprint density at radius 2 is 1.95 bits per heavy atom. The Morgan fingerprint density at radius 3 is 2.62 bits per heavy atom. The zero-order valence-electron chi connectivity index (χ0n) is 10.9. The largest absolute Gasteiger partial charge is 0.465 e. The summed E-state index contributed by atoms with van der Waals surface area (Å²) in [4.78, 5) is 15.4. The van der Waals surface area contributed by atoms with E-state index in [4.69, 9.17) is 0 Å². The fourth-order valence-electron chi connectivity index (χ4n) is 2.02. The van der Waals surface area contributed by atoms with E-state index in [1.165, 1.54) is 36.2 Å². The van der Waals surface area contributed by atoms with Crippen molar-refractivity contribution in [2.24, 2.45) is 0 Å². The molecule has 0 saturated heterocycles. The van der Waals surface area contributed by atoms with Crippen molar-refractivity contribution >= 4 is 11.6 Å². The molecule has 0 aliphatic carbocycles. The first-order chi connectivity index (χ1) is 10.1. The van der Waals surface area contributed by atoms with E-state index >= 15 is 0 Å². The molecule has 0 atom stereocenters. The summed E-state index contributed by atoms with van der Waals surface area (Å²) in [7, 11) is 1.25. The van der Waals surface area contributed by atoms with Gasteiger partial charge in [0.25, 0.3) is 0 Å². The number of nitrogens with zero attached hydrogens (tertiary/aromatic N) is 3. The van der Waals surface area contributed by atoms with Crippen LogP contribution < -0.4 is 0 Å². The Bertz CT molecular complexity index is 825. The first-order valence-corrected chi connectivity index (χ1v) is 5.98. The van der Waals surface area contributed by atoms with Gasteiger partial charge in [0.1, 0.15) is 11.6 Å². The first kappa shape index (κ1) is 13.2. The SMILES string of the molecule is COC(=O)c1cnn2c(-c3c(F)cccc3F)cnc2c1. The fraction of sp³-hybridized carbons (Fsp3) is 0.0714. The molecule has 106 valence electrons. The molecule has 0 bridgehead atoms. The number of fused-ring (bicyclic) bond motifs is 1. The summed E-state index contributed by atoms with van der Waals surface area (Å²) in [6, 6.07) is 5.02. The van der Waals surface area contributed by atoms with E-state index in [0.717, 1.165) is 12.1 Å². The summed E-state index contributed by atoms with van der Waals surface area (Å²) in [5.74, 6) is -1.99. The van der Waals surface area contributed by atoms with Gasteiger partial charge in [-0.2, -0.15) is 5.10 Å². The topological polar surface area (TPSA) is 56.5 Å². The number of benzene rings is 1. The predicted molar refractivity (Wildman–Crippen MR) is 69.7 cm³/mol. The molecule has 0 aliphatic heterocycles. The molecule has 7 heteroatoms. The van der Waals surface area contributed by atoms with E-state index in [2.05, 4.69) is 14.8 Å². The number of imidazole rings is 1. The molecule has 5 nitrogen and oxygen atoms in total. The highest BCUT2D eigenvalue weighted by Crippen LogP contribution is 2.26. The van der Waals surface area contributed by atoms with E-state index in [1.807, 2.05) is 0 Å².